The molecular formula is C10H10BrN2O2Pd-. The van der Waals surface area contributed by atoms with Crippen LogP contribution in [0.3, 0.4) is 0 Å². The second-order valence-electron chi connectivity index (χ2n) is 3.37. The van der Waals surface area contributed by atoms with Crippen LogP contribution in [0.1, 0.15) is 0 Å². The molecule has 0 radical (unpaired) electrons. The predicted molar refractivity (Wildman–Crippen MR) is 61.2 cm³/mol. The first kappa shape index (κ1) is 13.7. The van der Waals surface area contributed by atoms with E-state index in [1.54, 1.807) is 13.1 Å². The zero-order valence-electron chi connectivity index (χ0n) is 8.47. The Morgan fingerprint density at radius 1 is 1.56 bits per heavy atom. The summed E-state index contributed by atoms with van der Waals surface area (Å²) in [7, 11) is 1.66. The Morgan fingerprint density at radius 3 is 2.94 bits per heavy atom. The summed E-state index contributed by atoms with van der Waals surface area (Å²) >= 11 is 3.34. The number of nitrogens with zero attached hydrogens (tertiary/aromatic N) is 1. The average Bonchev–Trinajstić information content (AvgIpc) is 2.32. The number of likely N-dealkylation sites (N-methyl/N-ethyl adjacent to an activating group) is 1. The number of hydrogen-bond acceptors (Lipinski definition) is 2. The summed E-state index contributed by atoms with van der Waals surface area (Å²) in [5.74, 6) is 0.399. The van der Waals surface area contributed by atoms with Gasteiger partial charge in [-0.1, -0.05) is 15.9 Å². The third-order valence-electron chi connectivity index (χ3n) is 2.32. The molecule has 1 N–H and O–H groups in total. The first-order chi connectivity index (χ1) is 7.09. The van der Waals surface area contributed by atoms with Crippen molar-refractivity contribution in [3.05, 3.63) is 28.4 Å². The minimum Gasteiger partial charge on any atom is -0.664 e. The summed E-state index contributed by atoms with van der Waals surface area (Å²) in [6.07, 6.45) is 0. The van der Waals surface area contributed by atoms with E-state index in [9.17, 15) is 4.79 Å². The van der Waals surface area contributed by atoms with Crippen molar-refractivity contribution in [1.29, 1.82) is 0 Å². The van der Waals surface area contributed by atoms with Gasteiger partial charge in [0.15, 0.2) is 0 Å². The number of carbonyl (C=O) groups is 1. The van der Waals surface area contributed by atoms with Crippen molar-refractivity contribution in [3.63, 3.8) is 0 Å². The van der Waals surface area contributed by atoms with E-state index in [1.165, 1.54) is 4.90 Å². The minimum atomic E-state index is -0.846. The molecule has 1 aliphatic rings. The summed E-state index contributed by atoms with van der Waals surface area (Å²) in [6, 6.07) is 4.61. The number of hydrogen-bond donors (Lipinski definition) is 0. The van der Waals surface area contributed by atoms with Gasteiger partial charge < -0.3 is 15.4 Å². The summed E-state index contributed by atoms with van der Waals surface area (Å²) < 4.78 is 6.27. The zero-order chi connectivity index (χ0) is 11.0. The fourth-order valence-corrected chi connectivity index (χ4v) is 1.82. The Balaban J connectivity index is 0.00000128. The number of nitrogens with one attached hydrogen (secondary N) is 1. The monoisotopic (exact) mass is 375 g/mol. The van der Waals surface area contributed by atoms with Crippen LogP contribution in [-0.4, -0.2) is 25.6 Å². The molecule has 1 aromatic carbocycles. The summed E-state index contributed by atoms with van der Waals surface area (Å²) in [4.78, 5) is 13.1. The van der Waals surface area contributed by atoms with Crippen molar-refractivity contribution in [2.24, 2.45) is 0 Å². The van der Waals surface area contributed by atoms with E-state index in [-0.39, 0.29) is 32.9 Å². The van der Waals surface area contributed by atoms with Crippen molar-refractivity contribution >= 4 is 27.5 Å². The van der Waals surface area contributed by atoms with Gasteiger partial charge in [0.2, 0.25) is 5.91 Å². The fourth-order valence-electron chi connectivity index (χ4n) is 1.47. The van der Waals surface area contributed by atoms with Gasteiger partial charge in [-0.2, -0.15) is 0 Å². The van der Waals surface area contributed by atoms with Crippen LogP contribution >= 0.6 is 15.9 Å². The van der Waals surface area contributed by atoms with Gasteiger partial charge in [-0.3, -0.25) is 4.79 Å². The van der Waals surface area contributed by atoms with Crippen LogP contribution in [-0.2, 0) is 25.2 Å². The van der Waals surface area contributed by atoms with E-state index in [4.69, 9.17) is 10.5 Å². The third kappa shape index (κ3) is 2.46. The van der Waals surface area contributed by atoms with Crippen molar-refractivity contribution < 1.29 is 30.0 Å². The number of benzene rings is 1. The molecule has 0 saturated heterocycles. The molecule has 0 unspecified atom stereocenters. The van der Waals surface area contributed by atoms with Crippen LogP contribution in [0.5, 0.6) is 5.75 Å². The maximum Gasteiger partial charge on any atom is 0.212 e. The summed E-state index contributed by atoms with van der Waals surface area (Å²) in [5.41, 5.74) is 8.25. The molecule has 4 nitrogen and oxygen atoms in total. The van der Waals surface area contributed by atoms with E-state index < -0.39 is 6.04 Å². The van der Waals surface area contributed by atoms with Crippen LogP contribution in [0.2, 0.25) is 0 Å². The molecule has 1 aromatic rings. The van der Waals surface area contributed by atoms with Gasteiger partial charge in [0.1, 0.15) is 5.75 Å². The van der Waals surface area contributed by atoms with Gasteiger partial charge >= 0.3 is 0 Å². The molecule has 16 heavy (non-hydrogen) atoms. The van der Waals surface area contributed by atoms with E-state index >= 15 is 0 Å². The van der Waals surface area contributed by atoms with Crippen molar-refractivity contribution in [1.82, 2.24) is 0 Å². The number of amides is 1. The standard InChI is InChI=1S/C10H10BrN2O2.Pd/c1-13-8-4-6(11)2-3-9(8)15-5-7(12)10(13)14;/h2-4,7,12H,5H2,1H3;/q-1;/t7-;/m0./s1. The van der Waals surface area contributed by atoms with Crippen molar-refractivity contribution in [2.75, 3.05) is 18.6 Å². The number of fused-ring (bicyclic) bond motifs is 1. The summed E-state index contributed by atoms with van der Waals surface area (Å²) in [6.45, 7) is 0.109. The Bertz CT molecular complexity index is 414. The van der Waals surface area contributed by atoms with Crippen LogP contribution in [0.4, 0.5) is 5.69 Å². The van der Waals surface area contributed by atoms with E-state index in [0.29, 0.717) is 11.4 Å². The number of carbonyl (C=O) groups excluding carboxylic acids is 1. The molecule has 1 amide bonds. The molecule has 2 rings (SSSR count). The zero-order valence-corrected chi connectivity index (χ0v) is 11.6. The molecule has 1 heterocycles. The minimum absolute atomic E-state index is 0. The molecule has 0 spiro atoms. The van der Waals surface area contributed by atoms with Crippen molar-refractivity contribution in [3.8, 4) is 5.75 Å². The SMILES string of the molecule is CN1C(=O)[C@@H]([NH-])COc2ccc(Br)cc21.[Pd]. The Kier molecular flexibility index (Phi) is 4.51. The van der Waals surface area contributed by atoms with Gasteiger partial charge in [0.05, 0.1) is 12.3 Å². The maximum atomic E-state index is 11.7. The normalized spacial score (nSPS) is 19.3. The summed E-state index contributed by atoms with van der Waals surface area (Å²) in [5, 5.41) is 0. The van der Waals surface area contributed by atoms with Crippen LogP contribution in [0.25, 0.3) is 5.73 Å². The topological polar surface area (TPSA) is 53.3 Å². The number of rotatable bonds is 0. The van der Waals surface area contributed by atoms with E-state index in [0.717, 1.165) is 4.47 Å². The molecule has 0 aromatic heterocycles. The Hall–Kier alpha value is -0.408. The fraction of sp³-hybridized carbons (Fsp3) is 0.300. The molecule has 0 bridgehead atoms. The first-order valence-electron chi connectivity index (χ1n) is 4.50. The van der Waals surface area contributed by atoms with E-state index in [2.05, 4.69) is 15.9 Å². The quantitative estimate of drug-likeness (QED) is 0.652. The van der Waals surface area contributed by atoms with Crippen molar-refractivity contribution in [2.45, 2.75) is 6.04 Å². The van der Waals surface area contributed by atoms with Crippen LogP contribution < -0.4 is 9.64 Å². The Labute approximate surface area is 116 Å². The molecular weight excluding hydrogens is 366 g/mol. The van der Waals surface area contributed by atoms with Crippen LogP contribution in [0, 0.1) is 0 Å². The van der Waals surface area contributed by atoms with Gasteiger partial charge in [-0.25, -0.2) is 0 Å². The molecule has 0 saturated carbocycles. The second kappa shape index (κ2) is 5.28. The second-order valence-corrected chi connectivity index (χ2v) is 4.29. The molecule has 1 aliphatic heterocycles. The molecule has 6 heteroatoms. The Morgan fingerprint density at radius 2 is 2.25 bits per heavy atom. The van der Waals surface area contributed by atoms with Crippen LogP contribution in [0.15, 0.2) is 22.7 Å². The smallest absolute Gasteiger partial charge is 0.212 e. The number of anilines is 1. The van der Waals surface area contributed by atoms with E-state index in [1.807, 2.05) is 12.1 Å². The average molecular weight is 377 g/mol. The largest absolute Gasteiger partial charge is 0.664 e. The molecule has 0 aliphatic carbocycles. The molecule has 1 atom stereocenters. The third-order valence-corrected chi connectivity index (χ3v) is 2.81. The van der Waals surface area contributed by atoms with Gasteiger partial charge in [-0.05, 0) is 24.2 Å². The first-order valence-corrected chi connectivity index (χ1v) is 5.30. The number of halogens is 1. The number of ether oxygens (including phenoxy) is 1. The molecule has 90 valence electrons. The van der Waals surface area contributed by atoms with Gasteiger partial charge in [0, 0.05) is 31.9 Å². The molecule has 0 fully saturated rings. The van der Waals surface area contributed by atoms with Gasteiger partial charge in [-0.15, -0.1) is 0 Å². The van der Waals surface area contributed by atoms with Gasteiger partial charge in [0.25, 0.3) is 0 Å². The maximum absolute atomic E-state index is 11.7. The predicted octanol–water partition coefficient (Wildman–Crippen LogP) is 2.22.